The molecule has 0 atom stereocenters. The number of hydrogen-bond acceptors (Lipinski definition) is 2. The van der Waals surface area contributed by atoms with Gasteiger partial charge in [0.25, 0.3) is 0 Å². The van der Waals surface area contributed by atoms with Crippen molar-refractivity contribution in [3.05, 3.63) is 0 Å². The first-order chi connectivity index (χ1) is 3.18. The normalized spacial score (nSPS) is 11.1. The third kappa shape index (κ3) is 2.60. The summed E-state index contributed by atoms with van der Waals surface area (Å²) in [6.07, 6.45) is 0. The molecular weight excluding hydrogens is 90.1 g/mol. The van der Waals surface area contributed by atoms with Gasteiger partial charge in [-0.2, -0.15) is 0 Å². The van der Waals surface area contributed by atoms with Crippen LogP contribution in [-0.2, 0) is 0 Å². The fourth-order valence-corrected chi connectivity index (χ4v) is 0.163. The van der Waals surface area contributed by atoms with Gasteiger partial charge in [-0.3, -0.25) is 4.90 Å². The molecule has 1 N–H and O–H groups in total. The third-order valence-corrected chi connectivity index (χ3v) is 1.10. The van der Waals surface area contributed by atoms with Gasteiger partial charge in [-0.15, -0.1) is 0 Å². The van der Waals surface area contributed by atoms with Crippen molar-refractivity contribution in [1.29, 1.82) is 0 Å². The molecule has 0 amide bonds. The highest BCUT2D eigenvalue weighted by Gasteiger charge is 1.96. The van der Waals surface area contributed by atoms with Crippen molar-refractivity contribution >= 4 is 0 Å². The van der Waals surface area contributed by atoms with E-state index < -0.39 is 0 Å². The van der Waals surface area contributed by atoms with E-state index in [0.29, 0.717) is 6.04 Å². The Kier molecular flexibility index (Phi) is 2.96. The van der Waals surface area contributed by atoms with Gasteiger partial charge in [-0.05, 0) is 20.9 Å². The van der Waals surface area contributed by atoms with E-state index in [1.165, 1.54) is 0 Å². The highest BCUT2D eigenvalue weighted by molar-refractivity contribution is 4.48. The van der Waals surface area contributed by atoms with Gasteiger partial charge in [0.15, 0.2) is 0 Å². The van der Waals surface area contributed by atoms with Crippen LogP contribution in [-0.4, -0.2) is 29.8 Å². The van der Waals surface area contributed by atoms with Crippen LogP contribution < -0.4 is 0 Å². The van der Waals surface area contributed by atoms with Crippen LogP contribution in [0.25, 0.3) is 0 Å². The molecule has 0 fully saturated rings. The summed E-state index contributed by atoms with van der Waals surface area (Å²) >= 11 is 0. The van der Waals surface area contributed by atoms with Crippen molar-refractivity contribution in [2.24, 2.45) is 0 Å². The van der Waals surface area contributed by atoms with Crippen LogP contribution >= 0.6 is 0 Å². The molecule has 44 valence electrons. The lowest BCUT2D eigenvalue weighted by atomic mass is 10.4. The van der Waals surface area contributed by atoms with Crippen molar-refractivity contribution in [1.82, 2.24) is 4.90 Å². The highest BCUT2D eigenvalue weighted by atomic mass is 16.3. The van der Waals surface area contributed by atoms with E-state index in [0.717, 1.165) is 0 Å². The van der Waals surface area contributed by atoms with Crippen LogP contribution in [0, 0.1) is 0 Å². The molecule has 2 heteroatoms. The molecule has 0 bridgehead atoms. The summed E-state index contributed by atoms with van der Waals surface area (Å²) < 4.78 is 0. The second-order valence-corrected chi connectivity index (χ2v) is 1.99. The van der Waals surface area contributed by atoms with Gasteiger partial charge in [0, 0.05) is 6.04 Å². The number of aliphatic hydroxyl groups is 1. The molecule has 0 aliphatic heterocycles. The molecule has 0 aromatic heterocycles. The zero-order chi connectivity index (χ0) is 5.86. The Labute approximate surface area is 44.8 Å². The number of rotatable bonds is 2. The van der Waals surface area contributed by atoms with Gasteiger partial charge >= 0.3 is 0 Å². The fourth-order valence-electron chi connectivity index (χ4n) is 0.163. The molecule has 0 spiro atoms. The summed E-state index contributed by atoms with van der Waals surface area (Å²) in [4.78, 5) is 1.85. The van der Waals surface area contributed by atoms with Crippen LogP contribution in [0.2, 0.25) is 0 Å². The van der Waals surface area contributed by atoms with Crippen molar-refractivity contribution in [3.63, 3.8) is 0 Å². The minimum Gasteiger partial charge on any atom is -0.381 e. The maximum Gasteiger partial charge on any atom is 0.0956 e. The quantitative estimate of drug-likeness (QED) is 0.507. The highest BCUT2D eigenvalue weighted by Crippen LogP contribution is 1.87. The summed E-state index contributed by atoms with van der Waals surface area (Å²) in [5.41, 5.74) is 0. The summed E-state index contributed by atoms with van der Waals surface area (Å²) in [5.74, 6) is 0. The molecular formula is C5H13NO. The Balaban J connectivity index is 3.14. The molecule has 0 aliphatic rings. The second-order valence-electron chi connectivity index (χ2n) is 1.99. The lowest BCUT2D eigenvalue weighted by molar-refractivity contribution is 0.107. The van der Waals surface area contributed by atoms with Gasteiger partial charge in [-0.25, -0.2) is 0 Å². The second kappa shape index (κ2) is 2.99. The van der Waals surface area contributed by atoms with E-state index in [-0.39, 0.29) is 6.73 Å². The summed E-state index contributed by atoms with van der Waals surface area (Å²) in [5, 5.41) is 8.43. The number of aliphatic hydroxyl groups excluding tert-OH is 1. The molecule has 0 unspecified atom stereocenters. The molecule has 0 heterocycles. The van der Waals surface area contributed by atoms with Crippen LogP contribution in [0.4, 0.5) is 0 Å². The first-order valence-corrected chi connectivity index (χ1v) is 2.49. The van der Waals surface area contributed by atoms with Crippen LogP contribution in [0.5, 0.6) is 0 Å². The fraction of sp³-hybridized carbons (Fsp3) is 1.00. The van der Waals surface area contributed by atoms with E-state index in [1.807, 2.05) is 25.8 Å². The predicted octanol–water partition coefficient (Wildman–Crippen LogP) is 0.276. The van der Waals surface area contributed by atoms with Gasteiger partial charge in [0.05, 0.1) is 6.73 Å². The predicted molar refractivity (Wildman–Crippen MR) is 30.0 cm³/mol. The van der Waals surface area contributed by atoms with Crippen LogP contribution in [0.1, 0.15) is 13.8 Å². The monoisotopic (exact) mass is 103 g/mol. The van der Waals surface area contributed by atoms with Gasteiger partial charge in [-0.1, -0.05) is 0 Å². The van der Waals surface area contributed by atoms with Gasteiger partial charge in [0.1, 0.15) is 0 Å². The van der Waals surface area contributed by atoms with E-state index >= 15 is 0 Å². The topological polar surface area (TPSA) is 23.5 Å². The average molecular weight is 103 g/mol. The van der Waals surface area contributed by atoms with Crippen molar-refractivity contribution in [2.75, 3.05) is 13.8 Å². The van der Waals surface area contributed by atoms with E-state index in [1.54, 1.807) is 0 Å². The first kappa shape index (κ1) is 6.92. The summed E-state index contributed by atoms with van der Waals surface area (Å²) in [6, 6.07) is 0.449. The zero-order valence-corrected chi connectivity index (χ0v) is 5.18. The Morgan fingerprint density at radius 1 is 1.57 bits per heavy atom. The molecule has 0 rings (SSSR count). The van der Waals surface area contributed by atoms with Crippen molar-refractivity contribution in [2.45, 2.75) is 19.9 Å². The maximum atomic E-state index is 8.43. The smallest absolute Gasteiger partial charge is 0.0956 e. The van der Waals surface area contributed by atoms with E-state index in [4.69, 9.17) is 5.11 Å². The molecule has 0 aromatic rings. The lowest BCUT2D eigenvalue weighted by Crippen LogP contribution is -2.26. The molecule has 0 saturated heterocycles. The standard InChI is InChI=1S/C5H13NO/c1-5(2)6(3)4-7/h5,7H,4H2,1-3H3. The molecule has 0 radical (unpaired) electrons. The zero-order valence-electron chi connectivity index (χ0n) is 5.18. The maximum absolute atomic E-state index is 8.43. The summed E-state index contributed by atoms with van der Waals surface area (Å²) in [7, 11) is 1.88. The van der Waals surface area contributed by atoms with Crippen LogP contribution in [0.3, 0.4) is 0 Å². The Hall–Kier alpha value is -0.0800. The minimum atomic E-state index is 0.150. The minimum absolute atomic E-state index is 0.150. The molecule has 2 nitrogen and oxygen atoms in total. The van der Waals surface area contributed by atoms with Gasteiger partial charge < -0.3 is 5.11 Å². The first-order valence-electron chi connectivity index (χ1n) is 2.49. The molecule has 0 aliphatic carbocycles. The third-order valence-electron chi connectivity index (χ3n) is 1.10. The Morgan fingerprint density at radius 2 is 2.00 bits per heavy atom. The number of hydrogen-bond donors (Lipinski definition) is 1. The van der Waals surface area contributed by atoms with Crippen LogP contribution in [0.15, 0.2) is 0 Å². The lowest BCUT2D eigenvalue weighted by Gasteiger charge is -2.16. The van der Waals surface area contributed by atoms with Crippen molar-refractivity contribution < 1.29 is 5.11 Å². The molecule has 0 aromatic carbocycles. The largest absolute Gasteiger partial charge is 0.381 e. The van der Waals surface area contributed by atoms with E-state index in [2.05, 4.69) is 0 Å². The molecule has 0 saturated carbocycles. The van der Waals surface area contributed by atoms with E-state index in [9.17, 15) is 0 Å². The Morgan fingerprint density at radius 3 is 2.00 bits per heavy atom. The number of nitrogens with zero attached hydrogens (tertiary/aromatic N) is 1. The Bertz CT molecular complexity index is 45.3. The van der Waals surface area contributed by atoms with Crippen molar-refractivity contribution in [3.8, 4) is 0 Å². The van der Waals surface area contributed by atoms with Gasteiger partial charge in [0.2, 0.25) is 0 Å². The molecule has 7 heavy (non-hydrogen) atoms. The summed E-state index contributed by atoms with van der Waals surface area (Å²) in [6.45, 7) is 4.23. The SMILES string of the molecule is CC(C)N(C)CO. The average Bonchev–Trinajstić information content (AvgIpc) is 1.65.